The lowest BCUT2D eigenvalue weighted by Gasteiger charge is -2.34. The minimum absolute atomic E-state index is 0.0185. The van der Waals surface area contributed by atoms with E-state index in [0.717, 1.165) is 33.7 Å². The van der Waals surface area contributed by atoms with Crippen molar-refractivity contribution in [1.82, 2.24) is 44.5 Å². The van der Waals surface area contributed by atoms with Crippen molar-refractivity contribution in [1.29, 1.82) is 0 Å². The number of nitrogens with two attached hydrogens (primary N) is 2. The Morgan fingerprint density at radius 3 is 2.80 bits per heavy atom. The van der Waals surface area contributed by atoms with E-state index >= 15 is 8.78 Å². The second kappa shape index (κ2) is 11.1. The summed E-state index contributed by atoms with van der Waals surface area (Å²) in [4.78, 5) is 41.5. The lowest BCUT2D eigenvalue weighted by atomic mass is 10.1. The number of hydrogen-bond acceptors (Lipinski definition) is 17. The van der Waals surface area contributed by atoms with Gasteiger partial charge in [-0.2, -0.15) is 9.67 Å². The summed E-state index contributed by atoms with van der Waals surface area (Å²) in [5.74, 6) is -0.559. The Morgan fingerprint density at radius 2 is 2.00 bits per heavy atom. The maximum absolute atomic E-state index is 16.4. The van der Waals surface area contributed by atoms with Crippen molar-refractivity contribution in [2.75, 3.05) is 30.4 Å². The molecule has 3 aliphatic rings. The van der Waals surface area contributed by atoms with Gasteiger partial charge in [-0.1, -0.05) is 17.5 Å². The second-order valence-corrected chi connectivity index (χ2v) is 16.9. The SMILES string of the molecule is Nc1nc2c(ncn2[C@@]23CS[C@H](COP(O)(=S)O[C@H]4[C@H](F)[C@H](n5nnc6c(N)ncnc65)O[C@@H]4COP(=O)(S)O2)[C@@H]3F)c(=O)[nH]1. The Labute approximate surface area is 263 Å². The van der Waals surface area contributed by atoms with E-state index < -0.39 is 74.0 Å². The lowest BCUT2D eigenvalue weighted by Crippen LogP contribution is -2.46. The standard InChI is InChI=1S/C19H21F2N11O8P2S3/c20-8-11-6(38-17(8)32-14-9(29-30-32)13(22)24-4-25-14)1-36-42(35,44)40-19(3-45-7(12(19)21)2-37-41(34,43)39-11)31-5-26-10-15(31)27-18(23)28-16(10)33/h4-8,11-12,17H,1-3H2,(H,34,43)(H,35,44)(H2,22,24,25)(H3,23,27,28,33)/t6-,7-,8+,11-,12+,17-,19+,41?,42?/m1/s1. The molecular weight excluding hydrogens is 706 g/mol. The molecule has 0 radical (unpaired) electrons. The number of nitrogen functional groups attached to an aromatic ring is 2. The molecule has 6 N–H and O–H groups in total. The van der Waals surface area contributed by atoms with Crippen LogP contribution in [0.3, 0.4) is 0 Å². The first kappa shape index (κ1) is 31.2. The van der Waals surface area contributed by atoms with Gasteiger partial charge in [0.2, 0.25) is 5.95 Å². The summed E-state index contributed by atoms with van der Waals surface area (Å²) in [6.07, 6.45) is -6.63. The van der Waals surface area contributed by atoms with Gasteiger partial charge in [0.05, 0.1) is 24.8 Å². The number of aromatic nitrogens is 9. The number of H-pyrrole nitrogens is 1. The van der Waals surface area contributed by atoms with E-state index in [2.05, 4.69) is 47.5 Å². The zero-order valence-electron chi connectivity index (χ0n) is 22.2. The fourth-order valence-electron chi connectivity index (χ4n) is 5.19. The van der Waals surface area contributed by atoms with Crippen LogP contribution in [0, 0.1) is 0 Å². The third-order valence-electron chi connectivity index (χ3n) is 7.22. The van der Waals surface area contributed by atoms with E-state index in [1.165, 1.54) is 0 Å². The van der Waals surface area contributed by atoms with Gasteiger partial charge in [0, 0.05) is 5.75 Å². The van der Waals surface area contributed by atoms with Crippen molar-refractivity contribution in [2.45, 2.75) is 41.8 Å². The number of imidazole rings is 1. The van der Waals surface area contributed by atoms with Crippen molar-refractivity contribution in [3.05, 3.63) is 23.0 Å². The molecule has 2 bridgehead atoms. The molecule has 2 unspecified atom stereocenters. The van der Waals surface area contributed by atoms with Crippen LogP contribution in [0.2, 0.25) is 0 Å². The van der Waals surface area contributed by atoms with Gasteiger partial charge in [-0.15, -0.1) is 16.9 Å². The molecule has 3 saturated heterocycles. The maximum Gasteiger partial charge on any atom is 0.388 e. The molecule has 4 aromatic heterocycles. The molecule has 3 fully saturated rings. The fourth-order valence-corrected chi connectivity index (χ4v) is 9.85. The average molecular weight is 728 g/mol. The molecule has 26 heteroatoms. The van der Waals surface area contributed by atoms with Crippen LogP contribution in [0.25, 0.3) is 22.3 Å². The average Bonchev–Trinajstić information content (AvgIpc) is 3.73. The number of aromatic amines is 1. The van der Waals surface area contributed by atoms with Gasteiger partial charge in [0.25, 0.3) is 5.56 Å². The maximum atomic E-state index is 16.4. The number of alkyl halides is 2. The minimum atomic E-state index is -4.57. The minimum Gasteiger partial charge on any atom is -0.382 e. The van der Waals surface area contributed by atoms with E-state index in [-0.39, 0.29) is 39.8 Å². The molecular formula is C19H21F2N11O8P2S3. The van der Waals surface area contributed by atoms with Gasteiger partial charge in [0.15, 0.2) is 52.4 Å². The van der Waals surface area contributed by atoms with Gasteiger partial charge < -0.3 is 25.6 Å². The largest absolute Gasteiger partial charge is 0.388 e. The van der Waals surface area contributed by atoms with Crippen LogP contribution < -0.4 is 17.0 Å². The third kappa shape index (κ3) is 5.34. The molecule has 7 heterocycles. The van der Waals surface area contributed by atoms with Crippen LogP contribution >= 0.6 is 37.5 Å². The van der Waals surface area contributed by atoms with E-state index in [1.54, 1.807) is 0 Å². The van der Waals surface area contributed by atoms with E-state index in [0.29, 0.717) is 0 Å². The number of halogens is 2. The Bertz CT molecular complexity index is 1970. The van der Waals surface area contributed by atoms with Crippen LogP contribution in [0.1, 0.15) is 6.23 Å². The molecule has 19 nitrogen and oxygen atoms in total. The molecule has 9 atom stereocenters. The van der Waals surface area contributed by atoms with Crippen molar-refractivity contribution in [3.8, 4) is 0 Å². The smallest absolute Gasteiger partial charge is 0.382 e. The number of fused-ring (bicyclic) bond motifs is 5. The van der Waals surface area contributed by atoms with Crippen LogP contribution in [-0.4, -0.2) is 98.1 Å². The summed E-state index contributed by atoms with van der Waals surface area (Å²) in [6.45, 7) is -10.1. The van der Waals surface area contributed by atoms with Crippen LogP contribution in [0.5, 0.6) is 0 Å². The Balaban J connectivity index is 1.26. The predicted molar refractivity (Wildman–Crippen MR) is 159 cm³/mol. The third-order valence-corrected chi connectivity index (χ3v) is 11.8. The topological polar surface area (TPSA) is 256 Å². The Kier molecular flexibility index (Phi) is 7.72. The van der Waals surface area contributed by atoms with Crippen molar-refractivity contribution in [3.63, 3.8) is 0 Å². The van der Waals surface area contributed by atoms with Crippen LogP contribution in [0.15, 0.2) is 17.4 Å². The second-order valence-electron chi connectivity index (χ2n) is 10.00. The molecule has 3 aliphatic heterocycles. The van der Waals surface area contributed by atoms with E-state index in [9.17, 15) is 14.3 Å². The zero-order chi connectivity index (χ0) is 31.9. The van der Waals surface area contributed by atoms with Crippen molar-refractivity contribution in [2.24, 2.45) is 0 Å². The number of nitrogens with zero attached hydrogens (tertiary/aromatic N) is 8. The van der Waals surface area contributed by atoms with Crippen LogP contribution in [0.4, 0.5) is 20.5 Å². The Hall–Kier alpha value is -2.37. The normalized spacial score (nSPS) is 37.7. The number of thiol groups is 1. The van der Waals surface area contributed by atoms with Gasteiger partial charge in [-0.25, -0.2) is 28.3 Å². The molecule has 0 aliphatic carbocycles. The highest BCUT2D eigenvalue weighted by molar-refractivity contribution is 8.44. The highest BCUT2D eigenvalue weighted by atomic mass is 32.7. The molecule has 0 aromatic carbocycles. The van der Waals surface area contributed by atoms with Crippen LogP contribution in [-0.2, 0) is 44.9 Å². The van der Waals surface area contributed by atoms with Crippen molar-refractivity contribution >= 4 is 83.4 Å². The lowest BCUT2D eigenvalue weighted by molar-refractivity contribution is -0.0678. The number of ether oxygens (including phenoxy) is 1. The summed E-state index contributed by atoms with van der Waals surface area (Å²) < 4.78 is 76.4. The number of anilines is 2. The summed E-state index contributed by atoms with van der Waals surface area (Å²) in [6, 6.07) is 0. The van der Waals surface area contributed by atoms with E-state index in [1.807, 2.05) is 0 Å². The van der Waals surface area contributed by atoms with Gasteiger partial charge >= 0.3 is 13.5 Å². The molecule has 4 aromatic rings. The fraction of sp³-hybridized carbons (Fsp3) is 0.526. The molecule has 7 rings (SSSR count). The molecule has 0 amide bonds. The first-order chi connectivity index (χ1) is 21.3. The first-order valence-corrected chi connectivity index (χ1v) is 19.1. The number of thioether (sulfide) groups is 1. The number of nitrogens with one attached hydrogen (secondary N) is 1. The molecule has 45 heavy (non-hydrogen) atoms. The summed E-state index contributed by atoms with van der Waals surface area (Å²) in [5.41, 5.74) is 8.34. The Morgan fingerprint density at radius 1 is 1.20 bits per heavy atom. The first-order valence-electron chi connectivity index (χ1n) is 12.7. The van der Waals surface area contributed by atoms with Gasteiger partial charge in [0.1, 0.15) is 18.5 Å². The van der Waals surface area contributed by atoms with Crippen molar-refractivity contribution < 1.29 is 41.1 Å². The number of hydrogen-bond donors (Lipinski definition) is 5. The summed E-state index contributed by atoms with van der Waals surface area (Å²) >= 11 is 10.2. The predicted octanol–water partition coefficient (Wildman–Crippen LogP) is 0.564. The number of rotatable bonds is 2. The summed E-state index contributed by atoms with van der Waals surface area (Å²) in [7, 11) is 0. The van der Waals surface area contributed by atoms with E-state index in [4.69, 9.17) is 46.1 Å². The van der Waals surface area contributed by atoms with Gasteiger partial charge in [-0.05, 0) is 11.8 Å². The zero-order valence-corrected chi connectivity index (χ0v) is 26.5. The quantitative estimate of drug-likeness (QED) is 0.140. The summed E-state index contributed by atoms with van der Waals surface area (Å²) in [5, 5.41) is 6.62. The van der Waals surface area contributed by atoms with Gasteiger partial charge in [-0.3, -0.25) is 27.9 Å². The molecule has 0 spiro atoms. The molecule has 0 saturated carbocycles. The molecule has 242 valence electrons. The highest BCUT2D eigenvalue weighted by Gasteiger charge is 2.58. The highest BCUT2D eigenvalue weighted by Crippen LogP contribution is 2.62. The monoisotopic (exact) mass is 727 g/mol.